The van der Waals surface area contributed by atoms with E-state index in [2.05, 4.69) is 40.0 Å². The summed E-state index contributed by atoms with van der Waals surface area (Å²) in [5.74, 6) is 2.11. The lowest BCUT2D eigenvalue weighted by atomic mass is 9.94. The lowest BCUT2D eigenvalue weighted by Gasteiger charge is -2.31. The number of rotatable bonds is 5. The fraction of sp³-hybridized carbons (Fsp3) is 0.588. The summed E-state index contributed by atoms with van der Waals surface area (Å²) in [5.41, 5.74) is 2.25. The van der Waals surface area contributed by atoms with Crippen LogP contribution < -0.4 is 0 Å². The van der Waals surface area contributed by atoms with Gasteiger partial charge < -0.3 is 9.88 Å². The molecule has 0 spiro atoms. The van der Waals surface area contributed by atoms with Gasteiger partial charge in [0.15, 0.2) is 0 Å². The monoisotopic (exact) mass is 271 g/mol. The van der Waals surface area contributed by atoms with Crippen molar-refractivity contribution in [2.75, 3.05) is 19.6 Å². The molecule has 0 atom stereocenters. The first-order valence-corrected chi connectivity index (χ1v) is 8.01. The van der Waals surface area contributed by atoms with E-state index in [0.717, 1.165) is 29.2 Å². The maximum absolute atomic E-state index is 4.65. The van der Waals surface area contributed by atoms with E-state index in [0.29, 0.717) is 0 Å². The molecule has 0 unspecified atom stereocenters. The second-order valence-corrected chi connectivity index (χ2v) is 6.00. The summed E-state index contributed by atoms with van der Waals surface area (Å²) < 4.78 is 0. The van der Waals surface area contributed by atoms with E-state index in [9.17, 15) is 0 Å². The molecule has 3 heteroatoms. The zero-order valence-electron chi connectivity index (χ0n) is 12.4. The molecular weight excluding hydrogens is 246 g/mol. The Morgan fingerprint density at radius 3 is 2.80 bits per heavy atom. The van der Waals surface area contributed by atoms with Crippen LogP contribution in [0.3, 0.4) is 0 Å². The highest BCUT2D eigenvalue weighted by atomic mass is 15.1. The Hall–Kier alpha value is -1.35. The highest BCUT2D eigenvalue weighted by Crippen LogP contribution is 2.20. The van der Waals surface area contributed by atoms with Crippen molar-refractivity contribution in [1.29, 1.82) is 0 Å². The molecule has 1 saturated heterocycles. The van der Waals surface area contributed by atoms with Gasteiger partial charge in [-0.2, -0.15) is 0 Å². The Kier molecular flexibility index (Phi) is 4.36. The predicted octanol–water partition coefficient (Wildman–Crippen LogP) is 3.62. The molecule has 2 aromatic rings. The summed E-state index contributed by atoms with van der Waals surface area (Å²) in [6.07, 6.45) is 6.40. The molecule has 0 amide bonds. The van der Waals surface area contributed by atoms with Crippen molar-refractivity contribution in [3.8, 4) is 0 Å². The molecule has 1 aromatic heterocycles. The van der Waals surface area contributed by atoms with Gasteiger partial charge in [-0.1, -0.05) is 25.5 Å². The Morgan fingerprint density at radius 2 is 2.05 bits per heavy atom. The molecule has 108 valence electrons. The molecule has 1 aromatic carbocycles. The summed E-state index contributed by atoms with van der Waals surface area (Å²) in [6, 6.07) is 8.28. The number of benzene rings is 1. The minimum Gasteiger partial charge on any atom is -0.342 e. The van der Waals surface area contributed by atoms with Crippen LogP contribution in [0.1, 0.15) is 38.4 Å². The highest BCUT2D eigenvalue weighted by molar-refractivity contribution is 5.74. The lowest BCUT2D eigenvalue weighted by Crippen LogP contribution is -2.34. The third kappa shape index (κ3) is 3.21. The number of hydrogen-bond acceptors (Lipinski definition) is 2. The number of aryl methyl sites for hydroxylation is 1. The van der Waals surface area contributed by atoms with Crippen LogP contribution in [0.5, 0.6) is 0 Å². The average molecular weight is 271 g/mol. The number of piperidine rings is 1. The van der Waals surface area contributed by atoms with Crippen LogP contribution >= 0.6 is 0 Å². The number of aromatic nitrogens is 2. The standard InChI is InChI=1S/C17H25N3/c1-2-14-9-12-20(13-10-14)11-5-8-17-18-15-6-3-4-7-16(15)19-17/h3-4,6-7,14H,2,5,8-13H2,1H3,(H,18,19). The lowest BCUT2D eigenvalue weighted by molar-refractivity contribution is 0.180. The van der Waals surface area contributed by atoms with Crippen molar-refractivity contribution in [1.82, 2.24) is 14.9 Å². The first kappa shape index (κ1) is 13.6. The van der Waals surface area contributed by atoms with Crippen molar-refractivity contribution in [3.05, 3.63) is 30.1 Å². The molecule has 0 bridgehead atoms. The second-order valence-electron chi connectivity index (χ2n) is 6.00. The number of nitrogens with zero attached hydrogens (tertiary/aromatic N) is 2. The molecular formula is C17H25N3. The number of para-hydroxylation sites is 2. The van der Waals surface area contributed by atoms with Crippen LogP contribution in [0.2, 0.25) is 0 Å². The summed E-state index contributed by atoms with van der Waals surface area (Å²) >= 11 is 0. The van der Waals surface area contributed by atoms with Gasteiger partial charge in [-0.3, -0.25) is 0 Å². The maximum Gasteiger partial charge on any atom is 0.107 e. The predicted molar refractivity (Wildman–Crippen MR) is 83.9 cm³/mol. The molecule has 1 fully saturated rings. The van der Waals surface area contributed by atoms with Crippen LogP contribution in [-0.4, -0.2) is 34.5 Å². The van der Waals surface area contributed by atoms with Crippen LogP contribution in [0, 0.1) is 5.92 Å². The van der Waals surface area contributed by atoms with Gasteiger partial charge in [-0.15, -0.1) is 0 Å². The molecule has 0 radical (unpaired) electrons. The zero-order valence-corrected chi connectivity index (χ0v) is 12.4. The number of hydrogen-bond donors (Lipinski definition) is 1. The summed E-state index contributed by atoms with van der Waals surface area (Å²) in [4.78, 5) is 10.7. The smallest absolute Gasteiger partial charge is 0.107 e. The van der Waals surface area contributed by atoms with E-state index in [1.807, 2.05) is 6.07 Å². The van der Waals surface area contributed by atoms with Gasteiger partial charge in [-0.05, 0) is 56.9 Å². The van der Waals surface area contributed by atoms with E-state index in [1.165, 1.54) is 45.3 Å². The van der Waals surface area contributed by atoms with Gasteiger partial charge >= 0.3 is 0 Å². The van der Waals surface area contributed by atoms with Gasteiger partial charge in [0.2, 0.25) is 0 Å². The Balaban J connectivity index is 1.46. The third-order valence-corrected chi connectivity index (χ3v) is 4.61. The minimum atomic E-state index is 0.974. The fourth-order valence-electron chi connectivity index (χ4n) is 3.21. The van der Waals surface area contributed by atoms with E-state index in [1.54, 1.807) is 0 Å². The molecule has 0 aliphatic carbocycles. The first-order valence-electron chi connectivity index (χ1n) is 8.01. The summed E-state index contributed by atoms with van der Waals surface area (Å²) in [6.45, 7) is 6.12. The van der Waals surface area contributed by atoms with Crippen molar-refractivity contribution in [3.63, 3.8) is 0 Å². The number of likely N-dealkylation sites (tertiary alicyclic amines) is 1. The molecule has 1 aliphatic rings. The Bertz CT molecular complexity index is 505. The maximum atomic E-state index is 4.65. The van der Waals surface area contributed by atoms with Crippen molar-refractivity contribution < 1.29 is 0 Å². The van der Waals surface area contributed by atoms with Crippen molar-refractivity contribution >= 4 is 11.0 Å². The number of H-pyrrole nitrogens is 1. The van der Waals surface area contributed by atoms with Crippen LogP contribution in [-0.2, 0) is 6.42 Å². The normalized spacial score (nSPS) is 17.9. The Morgan fingerprint density at radius 1 is 1.25 bits per heavy atom. The average Bonchev–Trinajstić information content (AvgIpc) is 2.90. The van der Waals surface area contributed by atoms with E-state index < -0.39 is 0 Å². The zero-order chi connectivity index (χ0) is 13.8. The SMILES string of the molecule is CCC1CCN(CCCc2nc3ccccc3[nH]2)CC1. The van der Waals surface area contributed by atoms with Crippen molar-refractivity contribution in [2.24, 2.45) is 5.92 Å². The number of imidazole rings is 1. The topological polar surface area (TPSA) is 31.9 Å². The largest absolute Gasteiger partial charge is 0.342 e. The molecule has 3 rings (SSSR count). The van der Waals surface area contributed by atoms with E-state index in [-0.39, 0.29) is 0 Å². The molecule has 2 heterocycles. The first-order chi connectivity index (χ1) is 9.85. The van der Waals surface area contributed by atoms with E-state index in [4.69, 9.17) is 0 Å². The summed E-state index contributed by atoms with van der Waals surface area (Å²) in [5, 5.41) is 0. The van der Waals surface area contributed by atoms with Gasteiger partial charge in [0, 0.05) is 6.42 Å². The van der Waals surface area contributed by atoms with Gasteiger partial charge in [0.1, 0.15) is 5.82 Å². The fourth-order valence-corrected chi connectivity index (χ4v) is 3.21. The second kappa shape index (κ2) is 6.40. The number of aromatic amines is 1. The Labute approximate surface area is 121 Å². The number of fused-ring (bicyclic) bond motifs is 1. The highest BCUT2D eigenvalue weighted by Gasteiger charge is 2.17. The van der Waals surface area contributed by atoms with Crippen LogP contribution in [0.25, 0.3) is 11.0 Å². The van der Waals surface area contributed by atoms with E-state index >= 15 is 0 Å². The molecule has 1 N–H and O–H groups in total. The van der Waals surface area contributed by atoms with Gasteiger partial charge in [0.25, 0.3) is 0 Å². The molecule has 3 nitrogen and oxygen atoms in total. The van der Waals surface area contributed by atoms with Gasteiger partial charge in [0.05, 0.1) is 11.0 Å². The molecule has 1 aliphatic heterocycles. The van der Waals surface area contributed by atoms with Crippen molar-refractivity contribution in [2.45, 2.75) is 39.0 Å². The van der Waals surface area contributed by atoms with Gasteiger partial charge in [-0.25, -0.2) is 4.98 Å². The minimum absolute atomic E-state index is 0.974. The third-order valence-electron chi connectivity index (χ3n) is 4.61. The summed E-state index contributed by atoms with van der Waals surface area (Å²) in [7, 11) is 0. The quantitative estimate of drug-likeness (QED) is 0.900. The van der Waals surface area contributed by atoms with Crippen LogP contribution in [0.4, 0.5) is 0 Å². The number of nitrogens with one attached hydrogen (secondary N) is 1. The molecule has 20 heavy (non-hydrogen) atoms. The van der Waals surface area contributed by atoms with Crippen LogP contribution in [0.15, 0.2) is 24.3 Å². The molecule has 0 saturated carbocycles.